The quantitative estimate of drug-likeness (QED) is 0.897. The van der Waals surface area contributed by atoms with Crippen LogP contribution >= 0.6 is 27.3 Å². The molecule has 2 aromatic heterocycles. The highest BCUT2D eigenvalue weighted by atomic mass is 79.9. The molecule has 0 fully saturated rings. The van der Waals surface area contributed by atoms with Crippen LogP contribution in [0.5, 0.6) is 0 Å². The van der Waals surface area contributed by atoms with E-state index in [4.69, 9.17) is 0 Å². The summed E-state index contributed by atoms with van der Waals surface area (Å²) in [6.07, 6.45) is 1.07. The fourth-order valence-corrected chi connectivity index (χ4v) is 2.94. The van der Waals surface area contributed by atoms with Crippen LogP contribution in [-0.4, -0.2) is 17.9 Å². The number of halogens is 2. The molecule has 2 N–H and O–H groups in total. The zero-order chi connectivity index (χ0) is 13.8. The Morgan fingerprint density at radius 3 is 2.95 bits per heavy atom. The van der Waals surface area contributed by atoms with Crippen molar-refractivity contribution >= 4 is 39.0 Å². The molecule has 0 aliphatic rings. The predicted octanol–water partition coefficient (Wildman–Crippen LogP) is 3.02. The Kier molecular flexibility index (Phi) is 4.49. The number of rotatable bonds is 4. The molecule has 2 rings (SSSR count). The monoisotopic (exact) mass is 343 g/mol. The van der Waals surface area contributed by atoms with Gasteiger partial charge in [0.2, 0.25) is 0 Å². The summed E-state index contributed by atoms with van der Waals surface area (Å²) in [4.78, 5) is 16.8. The number of hydrogen-bond acceptors (Lipinski definition) is 4. The van der Waals surface area contributed by atoms with Crippen molar-refractivity contribution in [1.29, 1.82) is 0 Å². The highest BCUT2D eigenvalue weighted by Gasteiger charge is 2.13. The lowest BCUT2D eigenvalue weighted by atomic mass is 10.2. The smallest absolute Gasteiger partial charge is 0.255 e. The van der Waals surface area contributed by atoms with Crippen LogP contribution < -0.4 is 10.6 Å². The molecule has 19 heavy (non-hydrogen) atoms. The number of thiophene rings is 1. The highest BCUT2D eigenvalue weighted by molar-refractivity contribution is 9.11. The standard InChI is InChI=1S/C12H11BrFN3OS/c1-15-11-9(4-7(14)5-16-11)12(18)17-6-8-2-3-10(13)19-8/h2-5H,6H2,1H3,(H,15,16)(H,17,18). The molecule has 0 unspecified atom stereocenters. The maximum atomic E-state index is 13.1. The minimum atomic E-state index is -0.539. The number of aromatic nitrogens is 1. The average molecular weight is 344 g/mol. The minimum Gasteiger partial charge on any atom is -0.372 e. The van der Waals surface area contributed by atoms with E-state index < -0.39 is 5.82 Å². The van der Waals surface area contributed by atoms with Crippen molar-refractivity contribution in [1.82, 2.24) is 10.3 Å². The normalized spacial score (nSPS) is 10.3. The second-order valence-electron chi connectivity index (χ2n) is 3.69. The number of anilines is 1. The predicted molar refractivity (Wildman–Crippen MR) is 76.9 cm³/mol. The molecule has 0 atom stereocenters. The summed E-state index contributed by atoms with van der Waals surface area (Å²) in [6, 6.07) is 4.99. The highest BCUT2D eigenvalue weighted by Crippen LogP contribution is 2.22. The van der Waals surface area contributed by atoms with E-state index in [1.807, 2.05) is 12.1 Å². The molecular formula is C12H11BrFN3OS. The van der Waals surface area contributed by atoms with Gasteiger partial charge in [0.15, 0.2) is 0 Å². The molecule has 1 amide bonds. The third-order valence-corrected chi connectivity index (χ3v) is 4.01. The van der Waals surface area contributed by atoms with Gasteiger partial charge in [-0.2, -0.15) is 0 Å². The third-order valence-electron chi connectivity index (χ3n) is 2.39. The SMILES string of the molecule is CNc1ncc(F)cc1C(=O)NCc1ccc(Br)s1. The first-order valence-electron chi connectivity index (χ1n) is 5.46. The molecule has 0 aliphatic carbocycles. The fourth-order valence-electron chi connectivity index (χ4n) is 1.52. The molecular weight excluding hydrogens is 333 g/mol. The zero-order valence-electron chi connectivity index (χ0n) is 10.0. The first kappa shape index (κ1) is 14.0. The van der Waals surface area contributed by atoms with Gasteiger partial charge in [-0.1, -0.05) is 0 Å². The van der Waals surface area contributed by atoms with Gasteiger partial charge >= 0.3 is 0 Å². The van der Waals surface area contributed by atoms with Crippen molar-refractivity contribution in [2.24, 2.45) is 0 Å². The summed E-state index contributed by atoms with van der Waals surface area (Å²) in [5.41, 5.74) is 0.193. The minimum absolute atomic E-state index is 0.193. The summed E-state index contributed by atoms with van der Waals surface area (Å²) >= 11 is 4.89. The number of nitrogens with one attached hydrogen (secondary N) is 2. The lowest BCUT2D eigenvalue weighted by Crippen LogP contribution is -2.23. The number of hydrogen-bond donors (Lipinski definition) is 2. The number of carbonyl (C=O) groups is 1. The Morgan fingerprint density at radius 2 is 2.32 bits per heavy atom. The molecule has 2 aromatic rings. The number of amides is 1. The maximum absolute atomic E-state index is 13.1. The van der Waals surface area contributed by atoms with Crippen LogP contribution in [-0.2, 0) is 6.54 Å². The third kappa shape index (κ3) is 3.51. The summed E-state index contributed by atoms with van der Waals surface area (Å²) in [5.74, 6) is -0.546. The van der Waals surface area contributed by atoms with Crippen molar-refractivity contribution in [3.63, 3.8) is 0 Å². The molecule has 0 spiro atoms. The Balaban J connectivity index is 2.09. The van der Waals surface area contributed by atoms with Crippen LogP contribution in [0.2, 0.25) is 0 Å². The van der Waals surface area contributed by atoms with Crippen LogP contribution in [0, 0.1) is 5.82 Å². The second kappa shape index (κ2) is 6.12. The van der Waals surface area contributed by atoms with E-state index in [2.05, 4.69) is 31.5 Å². The van der Waals surface area contributed by atoms with Gasteiger partial charge in [-0.05, 0) is 34.1 Å². The molecule has 7 heteroatoms. The van der Waals surface area contributed by atoms with Crippen molar-refractivity contribution < 1.29 is 9.18 Å². The van der Waals surface area contributed by atoms with Crippen molar-refractivity contribution in [3.8, 4) is 0 Å². The van der Waals surface area contributed by atoms with Gasteiger partial charge in [0.25, 0.3) is 5.91 Å². The second-order valence-corrected chi connectivity index (χ2v) is 6.24. The summed E-state index contributed by atoms with van der Waals surface area (Å²) in [5, 5.41) is 5.50. The van der Waals surface area contributed by atoms with E-state index in [0.29, 0.717) is 12.4 Å². The van der Waals surface area contributed by atoms with Gasteiger partial charge in [0.1, 0.15) is 11.6 Å². The Bertz CT molecular complexity index is 602. The number of carbonyl (C=O) groups excluding carboxylic acids is 1. The summed E-state index contributed by atoms with van der Waals surface area (Å²) in [7, 11) is 1.63. The number of pyridine rings is 1. The molecule has 0 bridgehead atoms. The van der Waals surface area contributed by atoms with Crippen molar-refractivity contribution in [2.45, 2.75) is 6.54 Å². The van der Waals surface area contributed by atoms with Gasteiger partial charge < -0.3 is 10.6 Å². The van der Waals surface area contributed by atoms with Crippen molar-refractivity contribution in [2.75, 3.05) is 12.4 Å². The molecule has 4 nitrogen and oxygen atoms in total. The van der Waals surface area contributed by atoms with Crippen LogP contribution in [0.1, 0.15) is 15.2 Å². The summed E-state index contributed by atoms with van der Waals surface area (Å²) < 4.78 is 14.1. The van der Waals surface area contributed by atoms with Crippen LogP contribution in [0.3, 0.4) is 0 Å². The van der Waals surface area contributed by atoms with Crippen molar-refractivity contribution in [3.05, 3.63) is 44.4 Å². The van der Waals surface area contributed by atoms with Gasteiger partial charge in [0, 0.05) is 11.9 Å². The van der Waals surface area contributed by atoms with Crippen LogP contribution in [0.4, 0.5) is 10.2 Å². The molecule has 0 saturated heterocycles. The summed E-state index contributed by atoms with van der Waals surface area (Å²) in [6.45, 7) is 0.398. The van der Waals surface area contributed by atoms with E-state index in [1.54, 1.807) is 7.05 Å². The molecule has 100 valence electrons. The Labute approximate surface area is 122 Å². The first-order valence-corrected chi connectivity index (χ1v) is 7.07. The van der Waals surface area contributed by atoms with E-state index in [9.17, 15) is 9.18 Å². The Hall–Kier alpha value is -1.47. The van der Waals surface area contributed by atoms with Gasteiger partial charge in [0.05, 0.1) is 22.1 Å². The molecule has 0 saturated carbocycles. The van der Waals surface area contributed by atoms with Crippen LogP contribution in [0.25, 0.3) is 0 Å². The lowest BCUT2D eigenvalue weighted by Gasteiger charge is -2.08. The largest absolute Gasteiger partial charge is 0.372 e. The van der Waals surface area contributed by atoms with Gasteiger partial charge in [-0.15, -0.1) is 11.3 Å². The lowest BCUT2D eigenvalue weighted by molar-refractivity contribution is 0.0951. The molecule has 0 aromatic carbocycles. The molecule has 0 radical (unpaired) electrons. The van der Waals surface area contributed by atoms with E-state index in [0.717, 1.165) is 14.9 Å². The Morgan fingerprint density at radius 1 is 1.53 bits per heavy atom. The van der Waals surface area contributed by atoms with E-state index >= 15 is 0 Å². The topological polar surface area (TPSA) is 54.0 Å². The molecule has 2 heterocycles. The number of nitrogens with zero attached hydrogens (tertiary/aromatic N) is 1. The maximum Gasteiger partial charge on any atom is 0.255 e. The average Bonchev–Trinajstić information content (AvgIpc) is 2.81. The zero-order valence-corrected chi connectivity index (χ0v) is 12.4. The fraction of sp³-hybridized carbons (Fsp3) is 0.167. The van der Waals surface area contributed by atoms with Gasteiger partial charge in [-0.25, -0.2) is 9.37 Å². The molecule has 0 aliphatic heterocycles. The van der Waals surface area contributed by atoms with E-state index in [1.165, 1.54) is 17.4 Å². The first-order chi connectivity index (χ1) is 9.10. The van der Waals surface area contributed by atoms with Crippen LogP contribution in [0.15, 0.2) is 28.2 Å². The van der Waals surface area contributed by atoms with Gasteiger partial charge in [-0.3, -0.25) is 4.79 Å². The van der Waals surface area contributed by atoms with E-state index in [-0.39, 0.29) is 11.5 Å².